The number of aliphatic imine (C=N–C) groups is 1. The second-order valence-corrected chi connectivity index (χ2v) is 8.50. The summed E-state index contributed by atoms with van der Waals surface area (Å²) < 4.78 is 0.926. The van der Waals surface area contributed by atoms with Crippen molar-refractivity contribution in [3.63, 3.8) is 0 Å². The zero-order valence-corrected chi connectivity index (χ0v) is 17.9. The van der Waals surface area contributed by atoms with Gasteiger partial charge in [-0.3, -0.25) is 14.5 Å². The molecular formula is C20H17BrClN3O2S. The van der Waals surface area contributed by atoms with Gasteiger partial charge in [0.25, 0.3) is 0 Å². The van der Waals surface area contributed by atoms with E-state index in [0.717, 1.165) is 4.47 Å². The van der Waals surface area contributed by atoms with Gasteiger partial charge in [0.2, 0.25) is 11.8 Å². The third-order valence-electron chi connectivity index (χ3n) is 3.88. The van der Waals surface area contributed by atoms with Gasteiger partial charge in [0, 0.05) is 28.1 Å². The van der Waals surface area contributed by atoms with E-state index in [1.807, 2.05) is 12.1 Å². The number of hydrogen-bond acceptors (Lipinski definition) is 4. The first-order valence-electron chi connectivity index (χ1n) is 8.45. The number of nitrogens with one attached hydrogen (secondary N) is 1. The van der Waals surface area contributed by atoms with Gasteiger partial charge in [-0.2, -0.15) is 0 Å². The summed E-state index contributed by atoms with van der Waals surface area (Å²) in [5.74, 6) is -0.372. The summed E-state index contributed by atoms with van der Waals surface area (Å²) in [5.41, 5.74) is 1.37. The molecule has 5 nitrogen and oxygen atoms in total. The Bertz CT molecular complexity index is 916. The van der Waals surface area contributed by atoms with Gasteiger partial charge in [-0.15, -0.1) is 6.58 Å². The predicted octanol–water partition coefficient (Wildman–Crippen LogP) is 5.25. The standard InChI is InChI=1S/C20H17BrClN3O2S/c1-2-11-25-19(27)17(12-18(26)23-15-7-3-13(21)4-8-15)28-20(25)24-16-9-5-14(22)6-10-16/h2-10,17H,1,11-12H2,(H,23,26). The molecule has 8 heteroatoms. The van der Waals surface area contributed by atoms with Crippen molar-refractivity contribution in [2.75, 3.05) is 11.9 Å². The molecular weight excluding hydrogens is 462 g/mol. The van der Waals surface area contributed by atoms with Crippen molar-refractivity contribution in [2.24, 2.45) is 4.99 Å². The maximum atomic E-state index is 12.8. The van der Waals surface area contributed by atoms with Crippen LogP contribution in [0.4, 0.5) is 11.4 Å². The quantitative estimate of drug-likeness (QED) is 0.577. The number of halogens is 2. The number of hydrogen-bond donors (Lipinski definition) is 1. The van der Waals surface area contributed by atoms with Crippen LogP contribution < -0.4 is 5.32 Å². The van der Waals surface area contributed by atoms with E-state index in [2.05, 4.69) is 32.8 Å². The third kappa shape index (κ3) is 5.25. The maximum absolute atomic E-state index is 12.8. The summed E-state index contributed by atoms with van der Waals surface area (Å²) >= 11 is 10.5. The molecule has 3 rings (SSSR count). The first-order valence-corrected chi connectivity index (χ1v) is 10.5. The lowest BCUT2D eigenvalue weighted by atomic mass is 10.2. The van der Waals surface area contributed by atoms with Crippen LogP contribution in [0.1, 0.15) is 6.42 Å². The Labute approximate surface area is 181 Å². The zero-order valence-electron chi connectivity index (χ0n) is 14.8. The number of benzene rings is 2. The van der Waals surface area contributed by atoms with Crippen LogP contribution in [-0.2, 0) is 9.59 Å². The summed E-state index contributed by atoms with van der Waals surface area (Å²) in [6, 6.07) is 14.3. The smallest absolute Gasteiger partial charge is 0.242 e. The fraction of sp³-hybridized carbons (Fsp3) is 0.150. The normalized spacial score (nSPS) is 17.8. The summed E-state index contributed by atoms with van der Waals surface area (Å²) in [6.07, 6.45) is 1.70. The first kappa shape index (κ1) is 20.6. The minimum atomic E-state index is -0.526. The van der Waals surface area contributed by atoms with E-state index in [1.54, 1.807) is 47.4 Å². The van der Waals surface area contributed by atoms with Crippen molar-refractivity contribution in [3.05, 3.63) is 70.7 Å². The summed E-state index contributed by atoms with van der Waals surface area (Å²) in [4.78, 5) is 31.2. The Morgan fingerprint density at radius 2 is 1.93 bits per heavy atom. The molecule has 2 aromatic carbocycles. The van der Waals surface area contributed by atoms with Crippen molar-refractivity contribution < 1.29 is 9.59 Å². The lowest BCUT2D eigenvalue weighted by Crippen LogP contribution is -2.33. The Hall–Kier alpha value is -2.09. The van der Waals surface area contributed by atoms with Crippen LogP contribution in [-0.4, -0.2) is 33.7 Å². The van der Waals surface area contributed by atoms with Crippen molar-refractivity contribution in [2.45, 2.75) is 11.7 Å². The molecule has 2 aromatic rings. The number of carbonyl (C=O) groups excluding carboxylic acids is 2. The van der Waals surface area contributed by atoms with Gasteiger partial charge in [0.05, 0.1) is 5.69 Å². The van der Waals surface area contributed by atoms with E-state index < -0.39 is 5.25 Å². The molecule has 0 aromatic heterocycles. The van der Waals surface area contributed by atoms with E-state index in [9.17, 15) is 9.59 Å². The van der Waals surface area contributed by atoms with Crippen molar-refractivity contribution in [1.29, 1.82) is 0 Å². The van der Waals surface area contributed by atoms with Gasteiger partial charge in [-0.1, -0.05) is 45.4 Å². The van der Waals surface area contributed by atoms with Crippen LogP contribution in [0.3, 0.4) is 0 Å². The fourth-order valence-corrected chi connectivity index (χ4v) is 4.12. The molecule has 144 valence electrons. The summed E-state index contributed by atoms with van der Waals surface area (Å²) in [7, 11) is 0. The Morgan fingerprint density at radius 1 is 1.25 bits per heavy atom. The molecule has 1 N–H and O–H groups in total. The highest BCUT2D eigenvalue weighted by Crippen LogP contribution is 2.32. The molecule has 0 aliphatic carbocycles. The van der Waals surface area contributed by atoms with Crippen LogP contribution in [0.2, 0.25) is 5.02 Å². The molecule has 1 aliphatic heterocycles. The molecule has 2 amide bonds. The van der Waals surface area contributed by atoms with E-state index in [4.69, 9.17) is 11.6 Å². The Morgan fingerprint density at radius 3 is 2.57 bits per heavy atom. The number of thioether (sulfide) groups is 1. The number of amidine groups is 1. The van der Waals surface area contributed by atoms with Crippen LogP contribution in [0.25, 0.3) is 0 Å². The lowest BCUT2D eigenvalue weighted by molar-refractivity contribution is -0.127. The molecule has 0 saturated carbocycles. The van der Waals surface area contributed by atoms with Crippen LogP contribution >= 0.6 is 39.3 Å². The number of amides is 2. The topological polar surface area (TPSA) is 61.8 Å². The zero-order chi connectivity index (χ0) is 20.1. The van der Waals surface area contributed by atoms with Gasteiger partial charge in [-0.05, 0) is 48.5 Å². The molecule has 1 atom stereocenters. The SMILES string of the molecule is C=CCN1C(=O)C(CC(=O)Nc2ccc(Br)cc2)SC1=Nc1ccc(Cl)cc1. The Balaban J connectivity index is 1.72. The largest absolute Gasteiger partial charge is 0.326 e. The average molecular weight is 479 g/mol. The van der Waals surface area contributed by atoms with Gasteiger partial charge in [0.15, 0.2) is 5.17 Å². The molecule has 1 fully saturated rings. The minimum Gasteiger partial charge on any atom is -0.326 e. The highest BCUT2D eigenvalue weighted by Gasteiger charge is 2.38. The monoisotopic (exact) mass is 477 g/mol. The van der Waals surface area contributed by atoms with Crippen LogP contribution in [0, 0.1) is 0 Å². The van der Waals surface area contributed by atoms with Gasteiger partial charge in [-0.25, -0.2) is 4.99 Å². The Kier molecular flexibility index (Phi) is 6.93. The maximum Gasteiger partial charge on any atom is 0.242 e. The number of nitrogens with zero attached hydrogens (tertiary/aromatic N) is 2. The molecule has 1 saturated heterocycles. The van der Waals surface area contributed by atoms with Crippen molar-refractivity contribution in [3.8, 4) is 0 Å². The highest BCUT2D eigenvalue weighted by atomic mass is 79.9. The second kappa shape index (κ2) is 9.41. The van der Waals surface area contributed by atoms with E-state index in [0.29, 0.717) is 28.1 Å². The molecule has 0 spiro atoms. The average Bonchev–Trinajstić information content (AvgIpc) is 2.94. The molecule has 1 heterocycles. The third-order valence-corrected chi connectivity index (χ3v) is 5.84. The van der Waals surface area contributed by atoms with E-state index in [-0.39, 0.29) is 18.2 Å². The van der Waals surface area contributed by atoms with Crippen molar-refractivity contribution in [1.82, 2.24) is 4.90 Å². The number of carbonyl (C=O) groups is 2. The first-order chi connectivity index (χ1) is 13.5. The minimum absolute atomic E-state index is 0.0623. The highest BCUT2D eigenvalue weighted by molar-refractivity contribution is 9.10. The van der Waals surface area contributed by atoms with Gasteiger partial charge in [0.1, 0.15) is 5.25 Å². The fourth-order valence-electron chi connectivity index (χ4n) is 2.56. The van der Waals surface area contributed by atoms with Gasteiger partial charge < -0.3 is 5.32 Å². The molecule has 1 unspecified atom stereocenters. The van der Waals surface area contributed by atoms with Gasteiger partial charge >= 0.3 is 0 Å². The molecule has 28 heavy (non-hydrogen) atoms. The number of anilines is 1. The lowest BCUT2D eigenvalue weighted by Gasteiger charge is -2.13. The second-order valence-electron chi connectivity index (χ2n) is 5.97. The van der Waals surface area contributed by atoms with Crippen LogP contribution in [0.5, 0.6) is 0 Å². The predicted molar refractivity (Wildman–Crippen MR) is 119 cm³/mol. The van der Waals surface area contributed by atoms with E-state index in [1.165, 1.54) is 11.8 Å². The molecule has 0 radical (unpaired) electrons. The van der Waals surface area contributed by atoms with Crippen LogP contribution in [0.15, 0.2) is 70.7 Å². The summed E-state index contributed by atoms with van der Waals surface area (Å²) in [5, 5.41) is 3.45. The number of rotatable bonds is 6. The molecule has 0 bridgehead atoms. The molecule has 1 aliphatic rings. The van der Waals surface area contributed by atoms with Crippen molar-refractivity contribution >= 4 is 67.6 Å². The summed E-state index contributed by atoms with van der Waals surface area (Å²) in [6.45, 7) is 4.04. The van der Waals surface area contributed by atoms with E-state index >= 15 is 0 Å².